The van der Waals surface area contributed by atoms with E-state index in [1.165, 1.54) is 5.56 Å². The second-order valence-electron chi connectivity index (χ2n) is 4.84. The van der Waals surface area contributed by atoms with Gasteiger partial charge in [0.05, 0.1) is 12.2 Å². The van der Waals surface area contributed by atoms with Gasteiger partial charge in [-0.1, -0.05) is 60.7 Å². The van der Waals surface area contributed by atoms with Gasteiger partial charge in [-0.05, 0) is 24.0 Å². The van der Waals surface area contributed by atoms with Crippen molar-refractivity contribution in [1.82, 2.24) is 0 Å². The fraction of sp³-hybridized carbons (Fsp3) is 0.294. The van der Waals surface area contributed by atoms with Crippen LogP contribution in [-0.2, 0) is 6.42 Å². The van der Waals surface area contributed by atoms with Crippen molar-refractivity contribution >= 4 is 0 Å². The van der Waals surface area contributed by atoms with Gasteiger partial charge < -0.3 is 10.2 Å². The van der Waals surface area contributed by atoms with Crippen LogP contribution in [0, 0.1) is 0 Å². The second-order valence-corrected chi connectivity index (χ2v) is 4.84. The van der Waals surface area contributed by atoms with Gasteiger partial charge in [0.2, 0.25) is 0 Å². The fourth-order valence-corrected chi connectivity index (χ4v) is 2.16. The van der Waals surface area contributed by atoms with E-state index in [2.05, 4.69) is 12.1 Å². The number of hydrogen-bond donors (Lipinski definition) is 2. The predicted octanol–water partition coefficient (Wildman–Crippen LogP) is 3.10. The maximum Gasteiger partial charge on any atom is 0.0814 e. The molecule has 2 rings (SSSR count). The summed E-state index contributed by atoms with van der Waals surface area (Å²) in [6.07, 6.45) is 0.830. The molecule has 2 N–H and O–H groups in total. The molecule has 19 heavy (non-hydrogen) atoms. The van der Waals surface area contributed by atoms with Crippen LogP contribution in [0.3, 0.4) is 0 Å². The third kappa shape index (κ3) is 4.51. The van der Waals surface area contributed by atoms with Gasteiger partial charge >= 0.3 is 0 Å². The first-order valence-corrected chi connectivity index (χ1v) is 6.70. The lowest BCUT2D eigenvalue weighted by molar-refractivity contribution is 0.0757. The number of aliphatic hydroxyl groups is 2. The molecule has 0 heterocycles. The van der Waals surface area contributed by atoms with Gasteiger partial charge in [0, 0.05) is 6.42 Å². The van der Waals surface area contributed by atoms with Gasteiger partial charge in [-0.3, -0.25) is 0 Å². The average molecular weight is 256 g/mol. The van der Waals surface area contributed by atoms with Gasteiger partial charge in [-0.25, -0.2) is 0 Å². The Bertz CT molecular complexity index is 467. The van der Waals surface area contributed by atoms with Crippen molar-refractivity contribution in [2.75, 3.05) is 0 Å². The van der Waals surface area contributed by atoms with Crippen molar-refractivity contribution in [2.45, 2.75) is 31.5 Å². The Hall–Kier alpha value is -1.64. The molecular formula is C17H20O2. The third-order valence-electron chi connectivity index (χ3n) is 3.29. The Labute approximate surface area is 114 Å². The van der Waals surface area contributed by atoms with Crippen LogP contribution in [0.1, 0.15) is 30.1 Å². The normalized spacial score (nSPS) is 14.0. The average Bonchev–Trinajstić information content (AvgIpc) is 2.47. The van der Waals surface area contributed by atoms with Crippen molar-refractivity contribution in [3.05, 3.63) is 71.8 Å². The minimum absolute atomic E-state index is 0.386. The van der Waals surface area contributed by atoms with Crippen LogP contribution >= 0.6 is 0 Å². The van der Waals surface area contributed by atoms with Gasteiger partial charge in [0.15, 0.2) is 0 Å². The van der Waals surface area contributed by atoms with Crippen LogP contribution in [0.4, 0.5) is 0 Å². The Morgan fingerprint density at radius 3 is 2.00 bits per heavy atom. The maximum atomic E-state index is 10.0. The lowest BCUT2D eigenvalue weighted by Gasteiger charge is -2.16. The highest BCUT2D eigenvalue weighted by Crippen LogP contribution is 2.19. The Morgan fingerprint density at radius 2 is 1.37 bits per heavy atom. The molecule has 2 atom stereocenters. The van der Waals surface area contributed by atoms with E-state index < -0.39 is 12.2 Å². The molecule has 2 heteroatoms. The molecule has 100 valence electrons. The van der Waals surface area contributed by atoms with Crippen LogP contribution in [0.5, 0.6) is 0 Å². The molecule has 0 aliphatic heterocycles. The molecule has 2 nitrogen and oxygen atoms in total. The quantitative estimate of drug-likeness (QED) is 0.833. The zero-order valence-electron chi connectivity index (χ0n) is 10.9. The van der Waals surface area contributed by atoms with Crippen LogP contribution in [0.2, 0.25) is 0 Å². The van der Waals surface area contributed by atoms with Crippen molar-refractivity contribution in [3.63, 3.8) is 0 Å². The predicted molar refractivity (Wildman–Crippen MR) is 76.8 cm³/mol. The highest BCUT2D eigenvalue weighted by molar-refractivity contribution is 5.17. The molecule has 2 aromatic carbocycles. The largest absolute Gasteiger partial charge is 0.393 e. The maximum absolute atomic E-state index is 10.0. The first kappa shape index (κ1) is 13.8. The summed E-state index contributed by atoms with van der Waals surface area (Å²) < 4.78 is 0. The molecule has 0 amide bonds. The second kappa shape index (κ2) is 7.07. The smallest absolute Gasteiger partial charge is 0.0814 e. The molecule has 0 radical (unpaired) electrons. The zero-order chi connectivity index (χ0) is 13.5. The summed E-state index contributed by atoms with van der Waals surface area (Å²) in [5.74, 6) is 0. The van der Waals surface area contributed by atoms with E-state index in [4.69, 9.17) is 0 Å². The van der Waals surface area contributed by atoms with Crippen molar-refractivity contribution in [3.8, 4) is 0 Å². The standard InChI is InChI=1S/C17H20O2/c18-16(12-11-14-7-3-1-4-8-14)13-17(19)15-9-5-2-6-10-15/h1-10,16-19H,11-13H2/t16-,17-/m0/s1. The molecule has 0 aromatic heterocycles. The zero-order valence-corrected chi connectivity index (χ0v) is 10.9. The van der Waals surface area contributed by atoms with E-state index in [9.17, 15) is 10.2 Å². The van der Waals surface area contributed by atoms with Crippen LogP contribution in [0.25, 0.3) is 0 Å². The summed E-state index contributed by atoms with van der Waals surface area (Å²) >= 11 is 0. The molecule has 0 aliphatic rings. The molecule has 0 saturated heterocycles. The van der Waals surface area contributed by atoms with Gasteiger partial charge in [-0.15, -0.1) is 0 Å². The molecule has 0 saturated carbocycles. The van der Waals surface area contributed by atoms with E-state index in [-0.39, 0.29) is 0 Å². The molecule has 2 aromatic rings. The number of hydrogen-bond acceptors (Lipinski definition) is 2. The van der Waals surface area contributed by atoms with Crippen LogP contribution in [0.15, 0.2) is 60.7 Å². The van der Waals surface area contributed by atoms with E-state index in [1.807, 2.05) is 48.5 Å². The summed E-state index contributed by atoms with van der Waals surface area (Å²) in [6.45, 7) is 0. The minimum Gasteiger partial charge on any atom is -0.393 e. The number of rotatable bonds is 6. The first-order chi connectivity index (χ1) is 9.25. The first-order valence-electron chi connectivity index (χ1n) is 6.70. The number of benzene rings is 2. The Kier molecular flexibility index (Phi) is 5.13. The van der Waals surface area contributed by atoms with E-state index in [1.54, 1.807) is 0 Å². The molecule has 0 aliphatic carbocycles. The van der Waals surface area contributed by atoms with Crippen LogP contribution in [-0.4, -0.2) is 16.3 Å². The molecule has 0 bridgehead atoms. The Morgan fingerprint density at radius 1 is 0.789 bits per heavy atom. The lowest BCUT2D eigenvalue weighted by Crippen LogP contribution is -2.13. The summed E-state index contributed by atoms with van der Waals surface area (Å²) in [5.41, 5.74) is 2.08. The summed E-state index contributed by atoms with van der Waals surface area (Å²) in [5, 5.41) is 20.0. The molecule has 0 unspecified atom stereocenters. The van der Waals surface area contributed by atoms with E-state index in [0.29, 0.717) is 12.8 Å². The lowest BCUT2D eigenvalue weighted by atomic mass is 9.99. The molecule has 0 fully saturated rings. The summed E-state index contributed by atoms with van der Waals surface area (Å²) in [7, 11) is 0. The highest BCUT2D eigenvalue weighted by Gasteiger charge is 2.13. The van der Waals surface area contributed by atoms with Crippen molar-refractivity contribution in [1.29, 1.82) is 0 Å². The molecular weight excluding hydrogens is 236 g/mol. The van der Waals surface area contributed by atoms with Crippen LogP contribution < -0.4 is 0 Å². The monoisotopic (exact) mass is 256 g/mol. The third-order valence-corrected chi connectivity index (χ3v) is 3.29. The van der Waals surface area contributed by atoms with E-state index >= 15 is 0 Å². The summed E-state index contributed by atoms with van der Waals surface area (Å²) in [4.78, 5) is 0. The number of aryl methyl sites for hydroxylation is 1. The topological polar surface area (TPSA) is 40.5 Å². The SMILES string of the molecule is O[C@@H](CCc1ccccc1)C[C@H](O)c1ccccc1. The van der Waals surface area contributed by atoms with Crippen molar-refractivity contribution < 1.29 is 10.2 Å². The van der Waals surface area contributed by atoms with Gasteiger partial charge in [-0.2, -0.15) is 0 Å². The Balaban J connectivity index is 1.80. The molecule has 0 spiro atoms. The van der Waals surface area contributed by atoms with Gasteiger partial charge in [0.1, 0.15) is 0 Å². The fourth-order valence-electron chi connectivity index (χ4n) is 2.16. The highest BCUT2D eigenvalue weighted by atomic mass is 16.3. The minimum atomic E-state index is -0.591. The van der Waals surface area contributed by atoms with Crippen molar-refractivity contribution in [2.24, 2.45) is 0 Å². The van der Waals surface area contributed by atoms with Gasteiger partial charge in [0.25, 0.3) is 0 Å². The van der Waals surface area contributed by atoms with E-state index in [0.717, 1.165) is 12.0 Å². The summed E-state index contributed by atoms with van der Waals surface area (Å²) in [6, 6.07) is 19.6. The number of aliphatic hydroxyl groups excluding tert-OH is 2.